The molecule has 17 heavy (non-hydrogen) atoms. The minimum Gasteiger partial charge on any atom is -0.496 e. The number of carbonyl (C=O) groups excluding carboxylic acids is 1. The summed E-state index contributed by atoms with van der Waals surface area (Å²) in [4.78, 5) is 11.6. The molecule has 2 aliphatic rings. The Kier molecular flexibility index (Phi) is 2.26. The van der Waals surface area contributed by atoms with Gasteiger partial charge < -0.3 is 10.1 Å². The third kappa shape index (κ3) is 1.49. The Hall–Kier alpha value is -1.35. The lowest BCUT2D eigenvalue weighted by Crippen LogP contribution is -2.19. The monoisotopic (exact) mass is 231 g/mol. The SMILES string of the molecule is COc1ccc([C@]23CNC[C@@H]2C3)cc1C(C)=O. The van der Waals surface area contributed by atoms with Gasteiger partial charge in [0.15, 0.2) is 5.78 Å². The van der Waals surface area contributed by atoms with Crippen molar-refractivity contribution in [2.24, 2.45) is 5.92 Å². The van der Waals surface area contributed by atoms with Gasteiger partial charge in [-0.25, -0.2) is 0 Å². The highest BCUT2D eigenvalue weighted by molar-refractivity contribution is 5.97. The van der Waals surface area contributed by atoms with Gasteiger partial charge in [0, 0.05) is 12.0 Å². The molecule has 2 fully saturated rings. The third-order valence-electron chi connectivity index (χ3n) is 4.22. The number of nitrogens with one attached hydrogen (secondary N) is 1. The summed E-state index contributed by atoms with van der Waals surface area (Å²) < 4.78 is 5.23. The van der Waals surface area contributed by atoms with Crippen molar-refractivity contribution in [3.8, 4) is 5.75 Å². The smallest absolute Gasteiger partial charge is 0.163 e. The van der Waals surface area contributed by atoms with Gasteiger partial charge in [-0.2, -0.15) is 0 Å². The van der Waals surface area contributed by atoms with Crippen molar-refractivity contribution in [3.63, 3.8) is 0 Å². The highest BCUT2D eigenvalue weighted by atomic mass is 16.5. The van der Waals surface area contributed by atoms with Crippen LogP contribution in [0, 0.1) is 5.92 Å². The van der Waals surface area contributed by atoms with Crippen molar-refractivity contribution in [2.45, 2.75) is 18.8 Å². The van der Waals surface area contributed by atoms with Crippen molar-refractivity contribution in [1.82, 2.24) is 5.32 Å². The van der Waals surface area contributed by atoms with E-state index in [0.29, 0.717) is 16.7 Å². The van der Waals surface area contributed by atoms with Crippen molar-refractivity contribution in [2.75, 3.05) is 20.2 Å². The number of fused-ring (bicyclic) bond motifs is 1. The molecule has 3 nitrogen and oxygen atoms in total. The van der Waals surface area contributed by atoms with Gasteiger partial charge in [0.1, 0.15) is 5.75 Å². The molecular weight excluding hydrogens is 214 g/mol. The average molecular weight is 231 g/mol. The maximum absolute atomic E-state index is 11.6. The molecule has 1 saturated carbocycles. The van der Waals surface area contributed by atoms with Gasteiger partial charge in [-0.05, 0) is 43.5 Å². The molecule has 1 heterocycles. The first-order valence-electron chi connectivity index (χ1n) is 6.07. The number of hydrogen-bond donors (Lipinski definition) is 1. The molecule has 0 bridgehead atoms. The quantitative estimate of drug-likeness (QED) is 0.806. The molecular formula is C14H17NO2. The predicted molar refractivity (Wildman–Crippen MR) is 65.7 cm³/mol. The number of ketones is 1. The second-order valence-electron chi connectivity index (χ2n) is 5.16. The zero-order valence-corrected chi connectivity index (χ0v) is 10.2. The fraction of sp³-hybridized carbons (Fsp3) is 0.500. The number of ether oxygens (including phenoxy) is 1. The first-order chi connectivity index (χ1) is 8.17. The van der Waals surface area contributed by atoms with Gasteiger partial charge in [-0.15, -0.1) is 0 Å². The molecule has 0 radical (unpaired) electrons. The largest absolute Gasteiger partial charge is 0.496 e. The molecule has 1 aromatic carbocycles. The van der Waals surface area contributed by atoms with Crippen LogP contribution in [0.4, 0.5) is 0 Å². The number of benzene rings is 1. The van der Waals surface area contributed by atoms with E-state index in [1.165, 1.54) is 12.0 Å². The molecule has 0 aromatic heterocycles. The minimum absolute atomic E-state index is 0.0725. The van der Waals surface area contributed by atoms with Crippen molar-refractivity contribution >= 4 is 5.78 Å². The van der Waals surface area contributed by atoms with E-state index >= 15 is 0 Å². The first-order valence-corrected chi connectivity index (χ1v) is 6.07. The van der Waals surface area contributed by atoms with Crippen molar-refractivity contribution < 1.29 is 9.53 Å². The maximum atomic E-state index is 11.6. The molecule has 2 atom stereocenters. The molecule has 1 saturated heterocycles. The molecule has 1 aromatic rings. The lowest BCUT2D eigenvalue weighted by atomic mass is 9.92. The van der Waals surface area contributed by atoms with E-state index in [0.717, 1.165) is 19.0 Å². The van der Waals surface area contributed by atoms with Gasteiger partial charge >= 0.3 is 0 Å². The van der Waals surface area contributed by atoms with Gasteiger partial charge in [0.2, 0.25) is 0 Å². The predicted octanol–water partition coefficient (Wildman–Crippen LogP) is 1.76. The molecule has 90 valence electrons. The Morgan fingerprint density at radius 3 is 2.88 bits per heavy atom. The zero-order valence-electron chi connectivity index (χ0n) is 10.2. The summed E-state index contributed by atoms with van der Waals surface area (Å²) in [5.74, 6) is 1.51. The van der Waals surface area contributed by atoms with Gasteiger partial charge in [0.05, 0.1) is 12.7 Å². The zero-order chi connectivity index (χ0) is 12.0. The van der Waals surface area contributed by atoms with Crippen LogP contribution in [0.1, 0.15) is 29.3 Å². The van der Waals surface area contributed by atoms with E-state index in [1.807, 2.05) is 12.1 Å². The van der Waals surface area contributed by atoms with E-state index in [9.17, 15) is 4.79 Å². The van der Waals surface area contributed by atoms with E-state index in [-0.39, 0.29) is 5.78 Å². The van der Waals surface area contributed by atoms with E-state index in [1.54, 1.807) is 14.0 Å². The van der Waals surface area contributed by atoms with Crippen LogP contribution in [0.25, 0.3) is 0 Å². The maximum Gasteiger partial charge on any atom is 0.163 e. The molecule has 3 heteroatoms. The number of hydrogen-bond acceptors (Lipinski definition) is 3. The Balaban J connectivity index is 2.02. The van der Waals surface area contributed by atoms with E-state index in [2.05, 4.69) is 11.4 Å². The number of Topliss-reactive ketones (excluding diaryl/α,β-unsaturated/α-hetero) is 1. The number of carbonyl (C=O) groups is 1. The summed E-state index contributed by atoms with van der Waals surface area (Å²) in [6, 6.07) is 6.06. The Labute approximate surface area is 101 Å². The summed E-state index contributed by atoms with van der Waals surface area (Å²) in [5.41, 5.74) is 2.30. The molecule has 1 aliphatic heterocycles. The summed E-state index contributed by atoms with van der Waals surface area (Å²) >= 11 is 0. The van der Waals surface area contributed by atoms with Crippen LogP contribution >= 0.6 is 0 Å². The Morgan fingerprint density at radius 1 is 1.53 bits per heavy atom. The molecule has 3 rings (SSSR count). The lowest BCUT2D eigenvalue weighted by molar-refractivity contribution is 0.101. The average Bonchev–Trinajstić information content (AvgIpc) is 2.91. The Bertz CT molecular complexity index is 483. The first kappa shape index (κ1) is 10.8. The summed E-state index contributed by atoms with van der Waals surface area (Å²) in [6.07, 6.45) is 1.25. The fourth-order valence-corrected chi connectivity index (χ4v) is 3.08. The van der Waals surface area contributed by atoms with Crippen LogP contribution in [0.3, 0.4) is 0 Å². The molecule has 0 amide bonds. The Morgan fingerprint density at radius 2 is 2.35 bits per heavy atom. The lowest BCUT2D eigenvalue weighted by Gasteiger charge is -2.15. The van der Waals surface area contributed by atoms with Gasteiger partial charge in [0.25, 0.3) is 0 Å². The summed E-state index contributed by atoms with van der Waals surface area (Å²) in [5, 5.41) is 3.42. The number of piperidine rings is 1. The summed E-state index contributed by atoms with van der Waals surface area (Å²) in [6.45, 7) is 3.75. The van der Waals surface area contributed by atoms with Crippen LogP contribution in [0.2, 0.25) is 0 Å². The van der Waals surface area contributed by atoms with E-state index < -0.39 is 0 Å². The summed E-state index contributed by atoms with van der Waals surface area (Å²) in [7, 11) is 1.61. The molecule has 0 spiro atoms. The second kappa shape index (κ2) is 3.57. The number of methoxy groups -OCH3 is 1. The highest BCUT2D eigenvalue weighted by Crippen LogP contribution is 2.56. The number of rotatable bonds is 3. The fourth-order valence-electron chi connectivity index (χ4n) is 3.08. The van der Waals surface area contributed by atoms with Gasteiger partial charge in [-0.1, -0.05) is 6.07 Å². The third-order valence-corrected chi connectivity index (χ3v) is 4.22. The van der Waals surface area contributed by atoms with Crippen LogP contribution in [0.5, 0.6) is 5.75 Å². The highest BCUT2D eigenvalue weighted by Gasteiger charge is 2.58. The normalized spacial score (nSPS) is 29.9. The van der Waals surface area contributed by atoms with Crippen LogP contribution in [0.15, 0.2) is 18.2 Å². The molecule has 0 unspecified atom stereocenters. The van der Waals surface area contributed by atoms with Crippen LogP contribution < -0.4 is 10.1 Å². The molecule has 1 aliphatic carbocycles. The van der Waals surface area contributed by atoms with Crippen LogP contribution in [-0.2, 0) is 5.41 Å². The topological polar surface area (TPSA) is 38.3 Å². The second-order valence-corrected chi connectivity index (χ2v) is 5.16. The standard InChI is InChI=1S/C14H17NO2/c1-9(16)12-5-10(3-4-13(12)17-2)14-6-11(14)7-15-8-14/h3-5,11,15H,6-8H2,1-2H3/t11-,14-/m0/s1. The van der Waals surface area contributed by atoms with Crippen LogP contribution in [-0.4, -0.2) is 26.0 Å². The van der Waals surface area contributed by atoms with E-state index in [4.69, 9.17) is 4.74 Å². The van der Waals surface area contributed by atoms with Gasteiger partial charge in [-0.3, -0.25) is 4.79 Å². The minimum atomic E-state index is 0.0725. The molecule has 1 N–H and O–H groups in total. The van der Waals surface area contributed by atoms with Crippen molar-refractivity contribution in [1.29, 1.82) is 0 Å². The van der Waals surface area contributed by atoms with Crippen molar-refractivity contribution in [3.05, 3.63) is 29.3 Å².